The van der Waals surface area contributed by atoms with Crippen molar-refractivity contribution in [3.63, 3.8) is 0 Å². The smallest absolute Gasteiger partial charge is 0.343 e. The minimum atomic E-state index is -0.604. The van der Waals surface area contributed by atoms with E-state index >= 15 is 0 Å². The van der Waals surface area contributed by atoms with Gasteiger partial charge in [-0.05, 0) is 29.8 Å². The van der Waals surface area contributed by atoms with E-state index in [2.05, 4.69) is 4.98 Å². The van der Waals surface area contributed by atoms with Gasteiger partial charge in [-0.1, -0.05) is 42.5 Å². The van der Waals surface area contributed by atoms with Crippen LogP contribution in [0.3, 0.4) is 0 Å². The minimum Gasteiger partial charge on any atom is -0.462 e. The van der Waals surface area contributed by atoms with Crippen molar-refractivity contribution in [2.45, 2.75) is 6.92 Å². The molecule has 0 atom stereocenters. The number of carbonyl (C=O) groups is 1. The summed E-state index contributed by atoms with van der Waals surface area (Å²) in [5.41, 5.74) is 1.18. The molecule has 2 aromatic carbocycles. The van der Waals surface area contributed by atoms with Crippen molar-refractivity contribution in [3.8, 4) is 11.3 Å². The zero-order valence-electron chi connectivity index (χ0n) is 12.1. The predicted octanol–water partition coefficient (Wildman–Crippen LogP) is 3.37. The molecule has 1 N–H and O–H groups in total. The van der Waals surface area contributed by atoms with E-state index in [0.29, 0.717) is 5.69 Å². The first-order valence-electron chi connectivity index (χ1n) is 7.09. The van der Waals surface area contributed by atoms with Crippen LogP contribution in [0.25, 0.3) is 22.0 Å². The molecule has 0 fully saturated rings. The lowest BCUT2D eigenvalue weighted by Gasteiger charge is -2.07. The van der Waals surface area contributed by atoms with E-state index in [9.17, 15) is 9.59 Å². The molecule has 0 bridgehead atoms. The maximum atomic E-state index is 12.1. The van der Waals surface area contributed by atoms with Gasteiger partial charge in [0.05, 0.1) is 6.61 Å². The van der Waals surface area contributed by atoms with Gasteiger partial charge >= 0.3 is 5.97 Å². The molecule has 3 rings (SSSR count). The second-order valence-electron chi connectivity index (χ2n) is 4.86. The van der Waals surface area contributed by atoms with Crippen molar-refractivity contribution < 1.29 is 9.53 Å². The quantitative estimate of drug-likeness (QED) is 0.753. The highest BCUT2D eigenvalue weighted by atomic mass is 16.5. The average molecular weight is 293 g/mol. The summed E-state index contributed by atoms with van der Waals surface area (Å²) < 4.78 is 4.87. The largest absolute Gasteiger partial charge is 0.462 e. The van der Waals surface area contributed by atoms with Crippen LogP contribution in [-0.2, 0) is 4.74 Å². The van der Waals surface area contributed by atoms with Crippen LogP contribution >= 0.6 is 0 Å². The van der Waals surface area contributed by atoms with Crippen LogP contribution in [-0.4, -0.2) is 17.6 Å². The summed E-state index contributed by atoms with van der Waals surface area (Å²) in [6.45, 7) is 1.94. The minimum absolute atomic E-state index is 0.0193. The van der Waals surface area contributed by atoms with Crippen LogP contribution in [0.15, 0.2) is 59.4 Å². The third kappa shape index (κ3) is 2.51. The van der Waals surface area contributed by atoms with Gasteiger partial charge in [-0.2, -0.15) is 0 Å². The Morgan fingerprint density at radius 3 is 2.59 bits per heavy atom. The van der Waals surface area contributed by atoms with E-state index in [1.807, 2.05) is 42.5 Å². The Bertz CT molecular complexity index is 891. The van der Waals surface area contributed by atoms with Gasteiger partial charge in [0.1, 0.15) is 5.56 Å². The summed E-state index contributed by atoms with van der Waals surface area (Å²) in [6.07, 6.45) is 0. The number of aromatic nitrogens is 1. The lowest BCUT2D eigenvalue weighted by molar-refractivity contribution is 0.0524. The molecule has 0 radical (unpaired) electrons. The fourth-order valence-electron chi connectivity index (χ4n) is 2.46. The number of ether oxygens (including phenoxy) is 1. The zero-order valence-corrected chi connectivity index (χ0v) is 12.1. The van der Waals surface area contributed by atoms with Gasteiger partial charge in [-0.15, -0.1) is 0 Å². The van der Waals surface area contributed by atoms with E-state index in [1.54, 1.807) is 13.0 Å². The number of fused-ring (bicyclic) bond motifs is 1. The summed E-state index contributed by atoms with van der Waals surface area (Å²) >= 11 is 0. The Hall–Kier alpha value is -2.88. The van der Waals surface area contributed by atoms with Gasteiger partial charge in [0.25, 0.3) is 5.56 Å². The van der Waals surface area contributed by atoms with Gasteiger partial charge in [0, 0.05) is 11.3 Å². The summed E-state index contributed by atoms with van der Waals surface area (Å²) in [5.74, 6) is -0.604. The summed E-state index contributed by atoms with van der Waals surface area (Å²) in [6, 6.07) is 17.1. The molecule has 0 aliphatic heterocycles. The SMILES string of the molecule is CCOC(=O)c1ccc(-c2cccc3ccccc23)[nH]c1=O. The van der Waals surface area contributed by atoms with Gasteiger partial charge in [0.2, 0.25) is 0 Å². The van der Waals surface area contributed by atoms with Crippen molar-refractivity contribution in [2.24, 2.45) is 0 Å². The number of pyridine rings is 1. The molecule has 0 unspecified atom stereocenters. The third-order valence-corrected chi connectivity index (χ3v) is 3.48. The maximum absolute atomic E-state index is 12.1. The van der Waals surface area contributed by atoms with Crippen LogP contribution in [0.1, 0.15) is 17.3 Å². The van der Waals surface area contributed by atoms with E-state index in [1.165, 1.54) is 6.07 Å². The van der Waals surface area contributed by atoms with Crippen molar-refractivity contribution in [2.75, 3.05) is 6.61 Å². The third-order valence-electron chi connectivity index (χ3n) is 3.48. The Labute approximate surface area is 127 Å². The molecule has 3 aromatic rings. The molecular weight excluding hydrogens is 278 g/mol. The van der Waals surface area contributed by atoms with Gasteiger partial charge in [-0.25, -0.2) is 4.79 Å². The van der Waals surface area contributed by atoms with Gasteiger partial charge in [-0.3, -0.25) is 4.79 Å². The summed E-state index contributed by atoms with van der Waals surface area (Å²) in [5, 5.41) is 2.14. The normalized spacial score (nSPS) is 10.6. The van der Waals surface area contributed by atoms with Crippen LogP contribution in [0.4, 0.5) is 0 Å². The van der Waals surface area contributed by atoms with E-state index in [-0.39, 0.29) is 12.2 Å². The fraction of sp³-hybridized carbons (Fsp3) is 0.111. The van der Waals surface area contributed by atoms with Gasteiger partial charge < -0.3 is 9.72 Å². The molecule has 1 aromatic heterocycles. The summed E-state index contributed by atoms with van der Waals surface area (Å²) in [4.78, 5) is 26.6. The number of rotatable bonds is 3. The molecule has 22 heavy (non-hydrogen) atoms. The number of esters is 1. The Kier molecular flexibility index (Phi) is 3.74. The molecule has 4 nitrogen and oxygen atoms in total. The topological polar surface area (TPSA) is 59.2 Å². The van der Waals surface area contributed by atoms with Crippen molar-refractivity contribution in [3.05, 3.63) is 70.5 Å². The zero-order chi connectivity index (χ0) is 15.5. The van der Waals surface area contributed by atoms with E-state index in [0.717, 1.165) is 16.3 Å². The number of nitrogens with one attached hydrogen (secondary N) is 1. The Morgan fingerprint density at radius 2 is 1.82 bits per heavy atom. The first kappa shape index (κ1) is 14.1. The van der Waals surface area contributed by atoms with Crippen molar-refractivity contribution >= 4 is 16.7 Å². The first-order chi connectivity index (χ1) is 10.7. The average Bonchev–Trinajstić information content (AvgIpc) is 2.54. The molecule has 0 aliphatic rings. The molecule has 4 heteroatoms. The molecule has 1 heterocycles. The molecule has 0 amide bonds. The van der Waals surface area contributed by atoms with Crippen molar-refractivity contribution in [1.29, 1.82) is 0 Å². The standard InChI is InChI=1S/C18H15NO3/c1-2-22-18(21)15-10-11-16(19-17(15)20)14-9-5-7-12-6-3-4-8-13(12)14/h3-11H,2H2,1H3,(H,19,20). The Balaban J connectivity index is 2.11. The molecule has 0 aliphatic carbocycles. The molecule has 0 saturated carbocycles. The van der Waals surface area contributed by atoms with Crippen LogP contribution in [0.2, 0.25) is 0 Å². The van der Waals surface area contributed by atoms with Crippen LogP contribution < -0.4 is 5.56 Å². The van der Waals surface area contributed by atoms with E-state index in [4.69, 9.17) is 4.74 Å². The Morgan fingerprint density at radius 1 is 1.05 bits per heavy atom. The molecule has 0 saturated heterocycles. The number of hydrogen-bond acceptors (Lipinski definition) is 3. The number of carbonyl (C=O) groups excluding carboxylic acids is 1. The summed E-state index contributed by atoms with van der Waals surface area (Å²) in [7, 11) is 0. The molecule has 0 spiro atoms. The van der Waals surface area contributed by atoms with E-state index < -0.39 is 11.5 Å². The first-order valence-corrected chi connectivity index (χ1v) is 7.09. The molecular formula is C18H15NO3. The number of aromatic amines is 1. The lowest BCUT2D eigenvalue weighted by Crippen LogP contribution is -2.19. The number of H-pyrrole nitrogens is 1. The highest BCUT2D eigenvalue weighted by Crippen LogP contribution is 2.26. The van der Waals surface area contributed by atoms with Crippen LogP contribution in [0.5, 0.6) is 0 Å². The monoisotopic (exact) mass is 293 g/mol. The predicted molar refractivity (Wildman–Crippen MR) is 86.0 cm³/mol. The highest BCUT2D eigenvalue weighted by molar-refractivity contribution is 5.96. The fourth-order valence-corrected chi connectivity index (χ4v) is 2.46. The van der Waals surface area contributed by atoms with Gasteiger partial charge in [0.15, 0.2) is 0 Å². The maximum Gasteiger partial charge on any atom is 0.343 e. The second-order valence-corrected chi connectivity index (χ2v) is 4.86. The number of hydrogen-bond donors (Lipinski definition) is 1. The van der Waals surface area contributed by atoms with Crippen molar-refractivity contribution in [1.82, 2.24) is 4.98 Å². The second kappa shape index (κ2) is 5.85. The lowest BCUT2D eigenvalue weighted by atomic mass is 10.0. The number of benzene rings is 2. The van der Waals surface area contributed by atoms with Crippen LogP contribution in [0, 0.1) is 0 Å². The molecule has 110 valence electrons. The highest BCUT2D eigenvalue weighted by Gasteiger charge is 2.13.